The van der Waals surface area contributed by atoms with Crippen LogP contribution in [-0.2, 0) is 16.9 Å². The average Bonchev–Trinajstić information content (AvgIpc) is 2.73. The Labute approximate surface area is 114 Å². The number of aryl methyl sites for hydroxylation is 2. The van der Waals surface area contributed by atoms with Crippen LogP contribution < -0.4 is 0 Å². The fourth-order valence-corrected chi connectivity index (χ4v) is 4.66. The van der Waals surface area contributed by atoms with Gasteiger partial charge in [-0.2, -0.15) is 5.10 Å². The fraction of sp³-hybridized carbons (Fsp3) is 0.615. The molecule has 1 saturated heterocycles. The Kier molecular flexibility index (Phi) is 3.47. The molecule has 1 aliphatic heterocycles. The lowest BCUT2D eigenvalue weighted by Crippen LogP contribution is -2.31. The summed E-state index contributed by atoms with van der Waals surface area (Å²) >= 11 is 0. The molecule has 106 valence electrons. The zero-order chi connectivity index (χ0) is 14.4. The monoisotopic (exact) mass is 283 g/mol. The molecule has 6 heteroatoms. The van der Waals surface area contributed by atoms with Crippen LogP contribution in [-0.4, -0.2) is 35.0 Å². The second kappa shape index (κ2) is 4.67. The number of hydrogen-bond donors (Lipinski definition) is 0. The molecule has 0 radical (unpaired) electrons. The van der Waals surface area contributed by atoms with E-state index in [4.69, 9.17) is 0 Å². The summed E-state index contributed by atoms with van der Waals surface area (Å²) in [6.07, 6.45) is 1.85. The number of rotatable bonds is 3. The van der Waals surface area contributed by atoms with Crippen molar-refractivity contribution in [1.29, 1.82) is 0 Å². The van der Waals surface area contributed by atoms with E-state index in [2.05, 4.69) is 11.7 Å². The van der Waals surface area contributed by atoms with Gasteiger partial charge in [0.25, 0.3) is 0 Å². The zero-order valence-corrected chi connectivity index (χ0v) is 12.8. The summed E-state index contributed by atoms with van der Waals surface area (Å²) < 4.78 is 26.8. The summed E-state index contributed by atoms with van der Waals surface area (Å²) in [5.74, 6) is 0.000370. The molecule has 0 unspecified atom stereocenters. The number of sulfone groups is 1. The molecule has 0 saturated carbocycles. The molecule has 0 spiro atoms. The number of hydrogen-bond acceptors (Lipinski definition) is 4. The van der Waals surface area contributed by atoms with Gasteiger partial charge in [-0.25, -0.2) is 8.42 Å². The van der Waals surface area contributed by atoms with E-state index in [1.165, 1.54) is 0 Å². The molecule has 1 atom stereocenters. The van der Waals surface area contributed by atoms with Crippen LogP contribution in [0.4, 0.5) is 0 Å². The molecule has 19 heavy (non-hydrogen) atoms. The van der Waals surface area contributed by atoms with Crippen LogP contribution in [0.5, 0.6) is 0 Å². The Morgan fingerprint density at radius 2 is 2.05 bits per heavy atom. The van der Waals surface area contributed by atoms with Crippen molar-refractivity contribution in [3.05, 3.63) is 23.7 Å². The van der Waals surface area contributed by atoms with Gasteiger partial charge in [-0.1, -0.05) is 6.58 Å². The average molecular weight is 283 g/mol. The van der Waals surface area contributed by atoms with Crippen LogP contribution >= 0.6 is 0 Å². The minimum absolute atomic E-state index is 0.000370. The van der Waals surface area contributed by atoms with Crippen molar-refractivity contribution >= 4 is 9.84 Å². The summed E-state index contributed by atoms with van der Waals surface area (Å²) in [6.45, 7) is 9.52. The third kappa shape index (κ3) is 2.41. The fourth-order valence-electron chi connectivity index (χ4n) is 2.66. The second-order valence-corrected chi connectivity index (χ2v) is 7.19. The molecular formula is C13H21N3O2S. The third-order valence-corrected chi connectivity index (χ3v) is 5.68. The Balaban J connectivity index is 2.36. The van der Waals surface area contributed by atoms with Gasteiger partial charge in [-0.15, -0.1) is 0 Å². The number of allylic oxidation sites excluding steroid dienone is 1. The van der Waals surface area contributed by atoms with E-state index in [0.717, 1.165) is 18.5 Å². The third-order valence-electron chi connectivity index (χ3n) is 3.85. The van der Waals surface area contributed by atoms with Crippen LogP contribution in [0.25, 0.3) is 0 Å². The highest BCUT2D eigenvalue weighted by Crippen LogP contribution is 2.29. The van der Waals surface area contributed by atoms with Crippen LogP contribution in [0.2, 0.25) is 0 Å². The molecule has 1 aromatic rings. The first-order valence-electron chi connectivity index (χ1n) is 6.41. The van der Waals surface area contributed by atoms with E-state index < -0.39 is 9.84 Å². The highest BCUT2D eigenvalue weighted by atomic mass is 32.2. The van der Waals surface area contributed by atoms with Gasteiger partial charge in [0.15, 0.2) is 9.84 Å². The molecule has 5 nitrogen and oxygen atoms in total. The van der Waals surface area contributed by atoms with Crippen molar-refractivity contribution in [1.82, 2.24) is 14.7 Å². The van der Waals surface area contributed by atoms with Crippen molar-refractivity contribution in [2.24, 2.45) is 7.05 Å². The van der Waals surface area contributed by atoms with E-state index in [-0.39, 0.29) is 11.9 Å². The first-order chi connectivity index (χ1) is 8.74. The lowest BCUT2D eigenvalue weighted by atomic mass is 10.2. The first-order valence-corrected chi connectivity index (χ1v) is 8.06. The molecular weight excluding hydrogens is 262 g/mol. The highest BCUT2D eigenvalue weighted by molar-refractivity contribution is 7.91. The smallest absolute Gasteiger partial charge is 0.200 e. The van der Waals surface area contributed by atoms with Gasteiger partial charge in [-0.05, 0) is 33.6 Å². The minimum atomic E-state index is -3.37. The van der Waals surface area contributed by atoms with Crippen molar-refractivity contribution in [2.45, 2.75) is 44.6 Å². The Bertz CT molecular complexity index is 616. The minimum Gasteiger partial charge on any atom is -0.358 e. The van der Waals surface area contributed by atoms with E-state index in [1.807, 2.05) is 11.8 Å². The molecule has 0 bridgehead atoms. The van der Waals surface area contributed by atoms with E-state index in [0.29, 0.717) is 16.3 Å². The summed E-state index contributed by atoms with van der Waals surface area (Å²) in [4.78, 5) is 2.25. The SMILES string of the molecule is C=C1CC[C@H](C)N1CS(=O)(=O)c1c(C)nn(C)c1C. The maximum absolute atomic E-state index is 12.6. The molecule has 0 aromatic carbocycles. The molecule has 0 aliphatic carbocycles. The number of aromatic nitrogens is 2. The Hall–Kier alpha value is -1.30. The highest BCUT2D eigenvalue weighted by Gasteiger charge is 2.31. The Morgan fingerprint density at radius 1 is 1.42 bits per heavy atom. The van der Waals surface area contributed by atoms with E-state index in [1.54, 1.807) is 25.6 Å². The lowest BCUT2D eigenvalue weighted by Gasteiger charge is -2.24. The van der Waals surface area contributed by atoms with Crippen molar-refractivity contribution in [3.8, 4) is 0 Å². The normalized spacial score (nSPS) is 20.3. The van der Waals surface area contributed by atoms with E-state index >= 15 is 0 Å². The van der Waals surface area contributed by atoms with E-state index in [9.17, 15) is 8.42 Å². The molecule has 1 fully saturated rings. The van der Waals surface area contributed by atoms with Crippen LogP contribution in [0.1, 0.15) is 31.2 Å². The first kappa shape index (κ1) is 14.1. The van der Waals surface area contributed by atoms with Gasteiger partial charge in [0.05, 0.1) is 11.4 Å². The number of likely N-dealkylation sites (tertiary alicyclic amines) is 1. The van der Waals surface area contributed by atoms with Gasteiger partial charge >= 0.3 is 0 Å². The molecule has 0 N–H and O–H groups in total. The van der Waals surface area contributed by atoms with Gasteiger partial charge < -0.3 is 4.90 Å². The maximum atomic E-state index is 12.6. The quantitative estimate of drug-likeness (QED) is 0.848. The lowest BCUT2D eigenvalue weighted by molar-refractivity contribution is 0.353. The van der Waals surface area contributed by atoms with Gasteiger partial charge in [-0.3, -0.25) is 4.68 Å². The van der Waals surface area contributed by atoms with Crippen LogP contribution in [0.15, 0.2) is 17.2 Å². The molecule has 2 rings (SSSR count). The molecule has 2 heterocycles. The second-order valence-electron chi connectivity index (χ2n) is 5.29. The van der Waals surface area contributed by atoms with Crippen LogP contribution in [0.3, 0.4) is 0 Å². The maximum Gasteiger partial charge on any atom is 0.200 e. The predicted octanol–water partition coefficient (Wildman–Crippen LogP) is 1.77. The standard InChI is InChI=1S/C13H21N3O2S/c1-9-6-7-10(2)16(9)8-19(17,18)13-11(3)14-15(5)12(13)4/h10H,1,6-8H2,2-5H3/t10-/m0/s1. The summed E-state index contributed by atoms with van der Waals surface area (Å²) in [5, 5.41) is 4.19. The molecule has 1 aliphatic rings. The van der Waals surface area contributed by atoms with Gasteiger partial charge in [0.2, 0.25) is 0 Å². The summed E-state index contributed by atoms with van der Waals surface area (Å²) in [7, 11) is -1.61. The summed E-state index contributed by atoms with van der Waals surface area (Å²) in [6, 6.07) is 0.236. The Morgan fingerprint density at radius 3 is 2.47 bits per heavy atom. The molecule has 0 amide bonds. The van der Waals surface area contributed by atoms with Crippen LogP contribution in [0, 0.1) is 13.8 Å². The largest absolute Gasteiger partial charge is 0.358 e. The van der Waals surface area contributed by atoms with Crippen molar-refractivity contribution in [2.75, 3.05) is 5.88 Å². The van der Waals surface area contributed by atoms with Crippen molar-refractivity contribution in [3.63, 3.8) is 0 Å². The zero-order valence-electron chi connectivity index (χ0n) is 12.0. The van der Waals surface area contributed by atoms with Crippen molar-refractivity contribution < 1.29 is 8.42 Å². The van der Waals surface area contributed by atoms with Gasteiger partial charge in [0.1, 0.15) is 10.8 Å². The summed E-state index contributed by atoms with van der Waals surface area (Å²) in [5.41, 5.74) is 2.17. The van der Waals surface area contributed by atoms with Gasteiger partial charge in [0, 0.05) is 18.8 Å². The predicted molar refractivity (Wildman–Crippen MR) is 74.4 cm³/mol. The molecule has 1 aromatic heterocycles. The topological polar surface area (TPSA) is 55.2 Å². The number of nitrogens with zero attached hydrogens (tertiary/aromatic N) is 3.